The monoisotopic (exact) mass is 299 g/mol. The Hall–Kier alpha value is -1.78. The van der Waals surface area contributed by atoms with Gasteiger partial charge in [-0.05, 0) is 31.7 Å². The fraction of sp³-hybridized carbons (Fsp3) is 0.294. The zero-order valence-corrected chi connectivity index (χ0v) is 13.3. The number of nitrogens with two attached hydrogens (primary N) is 1. The van der Waals surface area contributed by atoms with Gasteiger partial charge in [0.1, 0.15) is 0 Å². The van der Waals surface area contributed by atoms with Gasteiger partial charge in [0.2, 0.25) is 0 Å². The van der Waals surface area contributed by atoms with E-state index in [1.165, 1.54) is 0 Å². The molecule has 0 fully saturated rings. The minimum atomic E-state index is 0.0657. The van der Waals surface area contributed by atoms with E-state index in [4.69, 9.17) is 18.0 Å². The zero-order chi connectivity index (χ0) is 15.2. The summed E-state index contributed by atoms with van der Waals surface area (Å²) >= 11 is 5.24. The Morgan fingerprint density at radius 2 is 1.90 bits per heavy atom. The maximum Gasteiger partial charge on any atom is 0.0816 e. The molecular weight excluding hydrogens is 278 g/mol. The van der Waals surface area contributed by atoms with Crippen LogP contribution in [-0.2, 0) is 6.54 Å². The lowest BCUT2D eigenvalue weighted by atomic mass is 9.98. The first-order chi connectivity index (χ1) is 10.1. The molecule has 0 radical (unpaired) electrons. The smallest absolute Gasteiger partial charge is 0.0816 e. The number of aryl methyl sites for hydroxylation is 1. The molecule has 1 aromatic heterocycles. The van der Waals surface area contributed by atoms with Gasteiger partial charge < -0.3 is 5.73 Å². The summed E-state index contributed by atoms with van der Waals surface area (Å²) in [7, 11) is 2.07. The number of hydrogen-bond donors (Lipinski definition) is 1. The molecule has 3 nitrogen and oxygen atoms in total. The van der Waals surface area contributed by atoms with Crippen molar-refractivity contribution < 1.29 is 0 Å². The predicted octanol–water partition coefficient (Wildman–Crippen LogP) is 2.89. The lowest BCUT2D eigenvalue weighted by Gasteiger charge is -2.23. The Labute approximate surface area is 131 Å². The second kappa shape index (κ2) is 7.29. The minimum Gasteiger partial charge on any atom is -0.393 e. The van der Waals surface area contributed by atoms with E-state index in [-0.39, 0.29) is 5.92 Å². The van der Waals surface area contributed by atoms with Gasteiger partial charge in [-0.15, -0.1) is 0 Å². The van der Waals surface area contributed by atoms with E-state index >= 15 is 0 Å². The highest BCUT2D eigenvalue weighted by Crippen LogP contribution is 2.18. The molecule has 0 aliphatic heterocycles. The Morgan fingerprint density at radius 3 is 2.52 bits per heavy atom. The van der Waals surface area contributed by atoms with Crippen LogP contribution in [0.5, 0.6) is 0 Å². The van der Waals surface area contributed by atoms with Crippen molar-refractivity contribution in [3.63, 3.8) is 0 Å². The molecule has 0 saturated heterocycles. The lowest BCUT2D eigenvalue weighted by Crippen LogP contribution is -2.31. The molecule has 4 heteroatoms. The first kappa shape index (κ1) is 15.6. The van der Waals surface area contributed by atoms with E-state index < -0.39 is 0 Å². The van der Waals surface area contributed by atoms with Gasteiger partial charge in [-0.3, -0.25) is 9.88 Å². The number of nitrogens with zero attached hydrogens (tertiary/aromatic N) is 2. The molecule has 0 bridgehead atoms. The van der Waals surface area contributed by atoms with Crippen LogP contribution in [0.4, 0.5) is 0 Å². The second-order valence-corrected chi connectivity index (χ2v) is 5.80. The Bertz CT molecular complexity index is 598. The van der Waals surface area contributed by atoms with Gasteiger partial charge in [-0.2, -0.15) is 0 Å². The van der Waals surface area contributed by atoms with Crippen LogP contribution >= 0.6 is 12.2 Å². The van der Waals surface area contributed by atoms with E-state index in [1.807, 2.05) is 43.3 Å². The van der Waals surface area contributed by atoms with Crippen molar-refractivity contribution in [3.05, 3.63) is 65.5 Å². The van der Waals surface area contributed by atoms with E-state index in [0.717, 1.165) is 30.0 Å². The van der Waals surface area contributed by atoms with Crippen molar-refractivity contribution in [1.29, 1.82) is 0 Å². The maximum absolute atomic E-state index is 5.92. The highest BCUT2D eigenvalue weighted by molar-refractivity contribution is 7.80. The van der Waals surface area contributed by atoms with Crippen LogP contribution in [0.15, 0.2) is 48.5 Å². The average Bonchev–Trinajstić information content (AvgIpc) is 2.45. The Balaban J connectivity index is 2.05. The number of likely N-dealkylation sites (N-methyl/N-ethyl adjacent to an activating group) is 1. The van der Waals surface area contributed by atoms with Crippen molar-refractivity contribution in [2.75, 3.05) is 13.6 Å². The van der Waals surface area contributed by atoms with Crippen LogP contribution in [0.3, 0.4) is 0 Å². The maximum atomic E-state index is 5.92. The molecule has 110 valence electrons. The molecule has 0 saturated carbocycles. The molecule has 1 unspecified atom stereocenters. The van der Waals surface area contributed by atoms with Crippen LogP contribution < -0.4 is 5.73 Å². The predicted molar refractivity (Wildman–Crippen MR) is 91.3 cm³/mol. The number of benzene rings is 1. The summed E-state index contributed by atoms with van der Waals surface area (Å²) in [6.07, 6.45) is 0. The van der Waals surface area contributed by atoms with Crippen LogP contribution in [0.1, 0.15) is 22.9 Å². The van der Waals surface area contributed by atoms with E-state index in [9.17, 15) is 0 Å². The Morgan fingerprint density at radius 1 is 1.19 bits per heavy atom. The summed E-state index contributed by atoms with van der Waals surface area (Å²) in [5.41, 5.74) is 9.18. The molecule has 2 rings (SSSR count). The molecule has 1 aromatic carbocycles. The largest absolute Gasteiger partial charge is 0.393 e. The molecule has 0 spiro atoms. The zero-order valence-electron chi connectivity index (χ0n) is 12.5. The summed E-state index contributed by atoms with van der Waals surface area (Å²) in [5, 5.41) is 0. The van der Waals surface area contributed by atoms with E-state index in [0.29, 0.717) is 4.99 Å². The number of pyridine rings is 1. The molecule has 2 aromatic rings. The molecule has 1 heterocycles. The molecule has 1 atom stereocenters. The topological polar surface area (TPSA) is 42.1 Å². The third-order valence-electron chi connectivity index (χ3n) is 3.42. The third kappa shape index (κ3) is 4.62. The van der Waals surface area contributed by atoms with Crippen molar-refractivity contribution in [2.45, 2.75) is 19.4 Å². The van der Waals surface area contributed by atoms with E-state index in [1.54, 1.807) is 0 Å². The highest BCUT2D eigenvalue weighted by Gasteiger charge is 2.17. The number of hydrogen-bond acceptors (Lipinski definition) is 3. The minimum absolute atomic E-state index is 0.0657. The first-order valence-electron chi connectivity index (χ1n) is 7.01. The summed E-state index contributed by atoms with van der Waals surface area (Å²) in [5.74, 6) is 0.0657. The molecule has 0 aliphatic carbocycles. The number of rotatable bonds is 6. The normalized spacial score (nSPS) is 12.3. The first-order valence-corrected chi connectivity index (χ1v) is 7.42. The Kier molecular flexibility index (Phi) is 5.42. The number of thiocarbonyl (C=S) groups is 1. The van der Waals surface area contributed by atoms with Gasteiger partial charge >= 0.3 is 0 Å². The van der Waals surface area contributed by atoms with Crippen molar-refractivity contribution in [3.8, 4) is 0 Å². The lowest BCUT2D eigenvalue weighted by molar-refractivity contribution is 0.319. The second-order valence-electron chi connectivity index (χ2n) is 5.33. The quantitative estimate of drug-likeness (QED) is 0.833. The molecule has 0 amide bonds. The van der Waals surface area contributed by atoms with Gasteiger partial charge in [0.05, 0.1) is 10.7 Å². The standard InChI is InChI=1S/C17H21N3S/c1-13-7-6-10-15(19-13)11-20(2)12-16(17(18)21)14-8-4-3-5-9-14/h3-10,16H,11-12H2,1-2H3,(H2,18,21). The van der Waals surface area contributed by atoms with Crippen LogP contribution in [0.2, 0.25) is 0 Å². The summed E-state index contributed by atoms with van der Waals surface area (Å²) in [6, 6.07) is 16.3. The fourth-order valence-corrected chi connectivity index (χ4v) is 2.60. The number of aromatic nitrogens is 1. The van der Waals surface area contributed by atoms with E-state index in [2.05, 4.69) is 29.1 Å². The fourth-order valence-electron chi connectivity index (χ4n) is 2.39. The molecular formula is C17H21N3S. The van der Waals surface area contributed by atoms with Gasteiger partial charge in [0.15, 0.2) is 0 Å². The van der Waals surface area contributed by atoms with Crippen LogP contribution in [-0.4, -0.2) is 28.5 Å². The molecule has 2 N–H and O–H groups in total. The van der Waals surface area contributed by atoms with Gasteiger partial charge in [-0.1, -0.05) is 48.6 Å². The summed E-state index contributed by atoms with van der Waals surface area (Å²) in [4.78, 5) is 7.27. The van der Waals surface area contributed by atoms with Crippen LogP contribution in [0.25, 0.3) is 0 Å². The molecule has 0 aliphatic rings. The summed E-state index contributed by atoms with van der Waals surface area (Å²) < 4.78 is 0. The SMILES string of the molecule is Cc1cccc(CN(C)CC(C(N)=S)c2ccccc2)n1. The van der Waals surface area contributed by atoms with Crippen molar-refractivity contribution >= 4 is 17.2 Å². The highest BCUT2D eigenvalue weighted by atomic mass is 32.1. The van der Waals surface area contributed by atoms with Gasteiger partial charge in [0, 0.05) is 24.7 Å². The van der Waals surface area contributed by atoms with Crippen molar-refractivity contribution in [2.24, 2.45) is 5.73 Å². The molecule has 21 heavy (non-hydrogen) atoms. The van der Waals surface area contributed by atoms with Crippen molar-refractivity contribution in [1.82, 2.24) is 9.88 Å². The third-order valence-corrected chi connectivity index (χ3v) is 3.70. The van der Waals surface area contributed by atoms with Gasteiger partial charge in [-0.25, -0.2) is 0 Å². The average molecular weight is 299 g/mol. The summed E-state index contributed by atoms with van der Waals surface area (Å²) in [6.45, 7) is 3.58. The van der Waals surface area contributed by atoms with Gasteiger partial charge in [0.25, 0.3) is 0 Å². The van der Waals surface area contributed by atoms with Crippen LogP contribution in [0, 0.1) is 6.92 Å².